The van der Waals surface area contributed by atoms with E-state index in [2.05, 4.69) is 0 Å². The first kappa shape index (κ1) is 16.4. The molecule has 3 rings (SSSR count). The van der Waals surface area contributed by atoms with Gasteiger partial charge in [-0.05, 0) is 49.6 Å². The van der Waals surface area contributed by atoms with Crippen molar-refractivity contribution in [3.8, 4) is 5.69 Å². The summed E-state index contributed by atoms with van der Waals surface area (Å²) >= 11 is 0. The molecule has 0 bridgehead atoms. The molecule has 24 heavy (non-hydrogen) atoms. The Labute approximate surface area is 138 Å². The Bertz CT molecular complexity index is 763. The number of aromatic nitrogens is 1. The van der Waals surface area contributed by atoms with Crippen molar-refractivity contribution < 1.29 is 18.7 Å². The van der Waals surface area contributed by atoms with Crippen molar-refractivity contribution in [3.63, 3.8) is 0 Å². The number of carbonyl (C=O) groups excluding carboxylic acids is 1. The molecule has 0 amide bonds. The largest absolute Gasteiger partial charge is 0.459 e. The van der Waals surface area contributed by atoms with Crippen LogP contribution in [0.4, 0.5) is 4.39 Å². The van der Waals surface area contributed by atoms with Crippen molar-refractivity contribution in [2.75, 3.05) is 13.2 Å². The number of pyridine rings is 1. The lowest BCUT2D eigenvalue weighted by Gasteiger charge is -2.22. The summed E-state index contributed by atoms with van der Waals surface area (Å²) in [5.74, 6) is -0.908. The normalized spacial score (nSPS) is 17.5. The molecule has 2 aromatic rings. The zero-order valence-corrected chi connectivity index (χ0v) is 13.1. The Hall–Kier alpha value is -2.47. The molecular weight excluding hydrogens is 313 g/mol. The van der Waals surface area contributed by atoms with Crippen LogP contribution in [-0.4, -0.2) is 29.9 Å². The van der Waals surface area contributed by atoms with Gasteiger partial charge in [0, 0.05) is 24.6 Å². The van der Waals surface area contributed by atoms with E-state index in [1.807, 2.05) is 0 Å². The van der Waals surface area contributed by atoms with Gasteiger partial charge in [-0.2, -0.15) is 0 Å². The molecule has 0 radical (unpaired) electrons. The summed E-state index contributed by atoms with van der Waals surface area (Å²) in [6, 6.07) is 8.17. The Morgan fingerprint density at radius 1 is 1.21 bits per heavy atom. The maximum absolute atomic E-state index is 13.0. The number of ether oxygens (including phenoxy) is 2. The SMILES string of the molecule is O=C(OCC1CCCCO1)c1ccc(=O)n(-c2ccc(F)cc2)c1. The molecule has 6 heteroatoms. The highest BCUT2D eigenvalue weighted by molar-refractivity contribution is 5.89. The second-order valence-electron chi connectivity index (χ2n) is 5.69. The minimum Gasteiger partial charge on any atom is -0.459 e. The predicted octanol–water partition coefficient (Wildman–Crippen LogP) is 2.70. The molecule has 1 aliphatic heterocycles. The van der Waals surface area contributed by atoms with E-state index >= 15 is 0 Å². The van der Waals surface area contributed by atoms with Gasteiger partial charge in [-0.3, -0.25) is 9.36 Å². The molecule has 1 aromatic heterocycles. The van der Waals surface area contributed by atoms with Gasteiger partial charge in [-0.15, -0.1) is 0 Å². The third-order valence-electron chi connectivity index (χ3n) is 3.93. The van der Waals surface area contributed by atoms with Crippen molar-refractivity contribution in [2.45, 2.75) is 25.4 Å². The first-order valence-corrected chi connectivity index (χ1v) is 7.91. The number of benzene rings is 1. The van der Waals surface area contributed by atoms with E-state index in [9.17, 15) is 14.0 Å². The van der Waals surface area contributed by atoms with Crippen LogP contribution in [0.1, 0.15) is 29.6 Å². The molecule has 126 valence electrons. The topological polar surface area (TPSA) is 57.5 Å². The van der Waals surface area contributed by atoms with Crippen LogP contribution in [0.5, 0.6) is 0 Å². The van der Waals surface area contributed by atoms with E-state index in [1.165, 1.54) is 47.2 Å². The molecule has 1 saturated heterocycles. The standard InChI is InChI=1S/C18H18FNO4/c19-14-5-7-15(8-6-14)20-11-13(4-9-17(20)21)18(22)24-12-16-3-1-2-10-23-16/h4-9,11,16H,1-3,10,12H2. The molecule has 0 spiro atoms. The lowest BCUT2D eigenvalue weighted by molar-refractivity contribution is -0.0300. The fourth-order valence-corrected chi connectivity index (χ4v) is 2.60. The molecule has 0 saturated carbocycles. The average molecular weight is 331 g/mol. The summed E-state index contributed by atoms with van der Waals surface area (Å²) in [6.07, 6.45) is 4.32. The lowest BCUT2D eigenvalue weighted by atomic mass is 10.1. The van der Waals surface area contributed by atoms with Crippen molar-refractivity contribution in [2.24, 2.45) is 0 Å². The van der Waals surface area contributed by atoms with Crippen LogP contribution in [0.3, 0.4) is 0 Å². The van der Waals surface area contributed by atoms with Gasteiger partial charge < -0.3 is 9.47 Å². The zero-order chi connectivity index (χ0) is 16.9. The Morgan fingerprint density at radius 3 is 2.71 bits per heavy atom. The summed E-state index contributed by atoms with van der Waals surface area (Å²) in [5, 5.41) is 0. The molecular formula is C18H18FNO4. The van der Waals surface area contributed by atoms with Gasteiger partial charge >= 0.3 is 5.97 Å². The third kappa shape index (κ3) is 3.89. The lowest BCUT2D eigenvalue weighted by Crippen LogP contribution is -2.26. The van der Waals surface area contributed by atoms with E-state index in [1.54, 1.807) is 0 Å². The van der Waals surface area contributed by atoms with E-state index in [-0.39, 0.29) is 23.8 Å². The zero-order valence-electron chi connectivity index (χ0n) is 13.1. The number of carbonyl (C=O) groups is 1. The predicted molar refractivity (Wildman–Crippen MR) is 85.9 cm³/mol. The fraction of sp³-hybridized carbons (Fsp3) is 0.333. The number of hydrogen-bond acceptors (Lipinski definition) is 4. The van der Waals surface area contributed by atoms with Gasteiger partial charge in [0.05, 0.1) is 11.7 Å². The second kappa shape index (κ2) is 7.40. The quantitative estimate of drug-likeness (QED) is 0.808. The molecule has 1 atom stereocenters. The summed E-state index contributed by atoms with van der Waals surface area (Å²) in [6.45, 7) is 0.895. The van der Waals surface area contributed by atoms with Crippen LogP contribution in [0.15, 0.2) is 47.4 Å². The molecule has 1 aromatic carbocycles. The minimum absolute atomic E-state index is 0.0642. The van der Waals surface area contributed by atoms with Crippen LogP contribution in [-0.2, 0) is 9.47 Å². The Kier molecular flexibility index (Phi) is 5.05. The van der Waals surface area contributed by atoms with E-state index in [0.717, 1.165) is 19.3 Å². The molecule has 0 N–H and O–H groups in total. The third-order valence-corrected chi connectivity index (χ3v) is 3.93. The van der Waals surface area contributed by atoms with E-state index in [4.69, 9.17) is 9.47 Å². The van der Waals surface area contributed by atoms with Crippen molar-refractivity contribution >= 4 is 5.97 Å². The van der Waals surface area contributed by atoms with Crippen LogP contribution in [0.2, 0.25) is 0 Å². The number of rotatable bonds is 4. The van der Waals surface area contributed by atoms with Crippen LogP contribution >= 0.6 is 0 Å². The van der Waals surface area contributed by atoms with Crippen molar-refractivity contribution in [1.82, 2.24) is 4.57 Å². The van der Waals surface area contributed by atoms with Gasteiger partial charge in [0.2, 0.25) is 0 Å². The number of esters is 1. The fourth-order valence-electron chi connectivity index (χ4n) is 2.60. The molecule has 5 nitrogen and oxygen atoms in total. The molecule has 1 aliphatic rings. The maximum atomic E-state index is 13.0. The molecule has 1 fully saturated rings. The Morgan fingerprint density at radius 2 is 2.00 bits per heavy atom. The first-order chi connectivity index (χ1) is 11.6. The molecule has 0 aliphatic carbocycles. The van der Waals surface area contributed by atoms with Gasteiger partial charge in [0.1, 0.15) is 12.4 Å². The number of halogens is 1. The van der Waals surface area contributed by atoms with Crippen LogP contribution in [0, 0.1) is 5.82 Å². The summed E-state index contributed by atoms with van der Waals surface area (Å²) in [7, 11) is 0. The minimum atomic E-state index is -0.514. The summed E-state index contributed by atoms with van der Waals surface area (Å²) in [4.78, 5) is 24.2. The van der Waals surface area contributed by atoms with Crippen molar-refractivity contribution in [1.29, 1.82) is 0 Å². The van der Waals surface area contributed by atoms with Crippen LogP contribution in [0.25, 0.3) is 5.69 Å². The van der Waals surface area contributed by atoms with E-state index < -0.39 is 11.8 Å². The van der Waals surface area contributed by atoms with Crippen molar-refractivity contribution in [3.05, 3.63) is 64.3 Å². The van der Waals surface area contributed by atoms with Gasteiger partial charge in [0.25, 0.3) is 5.56 Å². The monoisotopic (exact) mass is 331 g/mol. The highest BCUT2D eigenvalue weighted by Crippen LogP contribution is 2.14. The van der Waals surface area contributed by atoms with Gasteiger partial charge in [-0.25, -0.2) is 9.18 Å². The Balaban J connectivity index is 1.73. The molecule has 1 unspecified atom stereocenters. The highest BCUT2D eigenvalue weighted by Gasteiger charge is 2.17. The second-order valence-corrected chi connectivity index (χ2v) is 5.69. The maximum Gasteiger partial charge on any atom is 0.339 e. The van der Waals surface area contributed by atoms with Gasteiger partial charge in [0.15, 0.2) is 0 Å². The summed E-state index contributed by atoms with van der Waals surface area (Å²) < 4.78 is 25.1. The first-order valence-electron chi connectivity index (χ1n) is 7.91. The number of hydrogen-bond donors (Lipinski definition) is 0. The average Bonchev–Trinajstić information content (AvgIpc) is 2.62. The smallest absolute Gasteiger partial charge is 0.339 e. The number of nitrogens with zero attached hydrogens (tertiary/aromatic N) is 1. The van der Waals surface area contributed by atoms with Gasteiger partial charge in [-0.1, -0.05) is 0 Å². The molecule has 2 heterocycles. The summed E-state index contributed by atoms with van der Waals surface area (Å²) in [5.41, 5.74) is 0.426. The van der Waals surface area contributed by atoms with Crippen LogP contribution < -0.4 is 5.56 Å². The highest BCUT2D eigenvalue weighted by atomic mass is 19.1. The van der Waals surface area contributed by atoms with E-state index in [0.29, 0.717) is 12.3 Å².